The Labute approximate surface area is 171 Å². The van der Waals surface area contributed by atoms with Gasteiger partial charge in [-0.3, -0.25) is 10.3 Å². The second kappa shape index (κ2) is 11.5. The number of nitrogens with zero attached hydrogens (tertiary/aromatic N) is 1. The summed E-state index contributed by atoms with van der Waals surface area (Å²) in [5.41, 5.74) is 1.82. The number of thioether (sulfide) groups is 1. The van der Waals surface area contributed by atoms with Crippen LogP contribution in [-0.4, -0.2) is 43.8 Å². The van der Waals surface area contributed by atoms with E-state index in [1.165, 1.54) is 26.4 Å². The molecule has 0 saturated heterocycles. The molecule has 8 heteroatoms. The van der Waals surface area contributed by atoms with E-state index in [2.05, 4.69) is 31.9 Å². The molecule has 2 unspecified atom stereocenters. The number of hydrogen-bond acceptors (Lipinski definition) is 4. The quantitative estimate of drug-likeness (QED) is 0.344. The van der Waals surface area contributed by atoms with Crippen molar-refractivity contribution in [2.45, 2.75) is 37.1 Å². The lowest BCUT2D eigenvalue weighted by molar-refractivity contribution is 0.187. The number of carbonyl (C=O) groups excluding carboxylic acids is 1. The second-order valence-corrected chi connectivity index (χ2v) is 6.89. The summed E-state index contributed by atoms with van der Waals surface area (Å²) in [7, 11) is 3.14. The number of aliphatic imine (C=N–C) groups is 1. The number of halogens is 1. The molecule has 6 nitrogen and oxygen atoms in total. The first-order valence-corrected chi connectivity index (χ1v) is 9.37. The van der Waals surface area contributed by atoms with Crippen molar-refractivity contribution < 1.29 is 9.53 Å². The summed E-state index contributed by atoms with van der Waals surface area (Å²) in [5, 5.41) is 10.2. The van der Waals surface area contributed by atoms with Crippen LogP contribution in [0.2, 0.25) is 0 Å². The molecule has 1 fully saturated rings. The zero-order valence-electron chi connectivity index (χ0n) is 14.9. The summed E-state index contributed by atoms with van der Waals surface area (Å²) >= 11 is 1.95. The van der Waals surface area contributed by atoms with E-state index in [1.807, 2.05) is 36.0 Å². The smallest absolute Gasteiger partial charge is 0.411 e. The lowest BCUT2D eigenvalue weighted by Gasteiger charge is -2.17. The van der Waals surface area contributed by atoms with Gasteiger partial charge in [0.1, 0.15) is 0 Å². The average Bonchev–Trinajstić information content (AvgIpc) is 3.07. The minimum Gasteiger partial charge on any atom is -0.453 e. The van der Waals surface area contributed by atoms with Gasteiger partial charge in [0, 0.05) is 30.6 Å². The van der Waals surface area contributed by atoms with Crippen LogP contribution < -0.4 is 16.0 Å². The summed E-state index contributed by atoms with van der Waals surface area (Å²) < 4.78 is 4.57. The molecule has 0 heterocycles. The molecule has 0 spiro atoms. The van der Waals surface area contributed by atoms with Gasteiger partial charge in [-0.05, 0) is 43.2 Å². The van der Waals surface area contributed by atoms with Crippen molar-refractivity contribution in [2.75, 3.05) is 25.7 Å². The third-order valence-electron chi connectivity index (χ3n) is 4.13. The van der Waals surface area contributed by atoms with Crippen LogP contribution in [-0.2, 0) is 11.3 Å². The van der Waals surface area contributed by atoms with Crippen LogP contribution in [0, 0.1) is 0 Å². The number of anilines is 1. The maximum atomic E-state index is 11.2. The van der Waals surface area contributed by atoms with Gasteiger partial charge >= 0.3 is 6.09 Å². The van der Waals surface area contributed by atoms with Crippen molar-refractivity contribution in [3.05, 3.63) is 29.8 Å². The average molecular weight is 478 g/mol. The van der Waals surface area contributed by atoms with Crippen LogP contribution in [0.3, 0.4) is 0 Å². The van der Waals surface area contributed by atoms with Crippen LogP contribution in [0.25, 0.3) is 0 Å². The Morgan fingerprint density at radius 1 is 1.32 bits per heavy atom. The molecule has 140 valence electrons. The third kappa shape index (κ3) is 7.31. The SMILES string of the molecule is CN=C(NCc1ccc(NC(=O)OC)cc1)NC1CCC(SC)C1.I. The molecule has 1 aromatic carbocycles. The van der Waals surface area contributed by atoms with Gasteiger partial charge in [-0.1, -0.05) is 12.1 Å². The Bertz CT molecular complexity index is 568. The van der Waals surface area contributed by atoms with E-state index in [0.29, 0.717) is 18.3 Å². The highest BCUT2D eigenvalue weighted by molar-refractivity contribution is 14.0. The molecule has 2 atom stereocenters. The van der Waals surface area contributed by atoms with Gasteiger partial charge < -0.3 is 15.4 Å². The predicted octanol–water partition coefficient (Wildman–Crippen LogP) is 3.43. The standard InChI is InChI=1S/C17H26N4O2S.HI/c1-18-16(20-14-8-9-15(10-14)24-3)19-11-12-4-6-13(7-5-12)21-17(22)23-2;/h4-7,14-15H,8-11H2,1-3H3,(H,21,22)(H2,18,19,20);1H. The highest BCUT2D eigenvalue weighted by Crippen LogP contribution is 2.28. The van der Waals surface area contributed by atoms with Crippen LogP contribution in [0.4, 0.5) is 10.5 Å². The van der Waals surface area contributed by atoms with E-state index in [1.54, 1.807) is 7.05 Å². The minimum absolute atomic E-state index is 0. The van der Waals surface area contributed by atoms with Gasteiger partial charge in [0.15, 0.2) is 5.96 Å². The first kappa shape index (κ1) is 21.9. The highest BCUT2D eigenvalue weighted by atomic mass is 127. The maximum absolute atomic E-state index is 11.2. The van der Waals surface area contributed by atoms with E-state index in [9.17, 15) is 4.79 Å². The molecular formula is C17H27IN4O2S. The number of amides is 1. The van der Waals surface area contributed by atoms with E-state index < -0.39 is 6.09 Å². The third-order valence-corrected chi connectivity index (χ3v) is 5.22. The number of rotatable bonds is 5. The fourth-order valence-electron chi connectivity index (χ4n) is 2.73. The Morgan fingerprint density at radius 3 is 2.60 bits per heavy atom. The topological polar surface area (TPSA) is 74.8 Å². The van der Waals surface area contributed by atoms with Gasteiger partial charge in [-0.25, -0.2) is 4.79 Å². The van der Waals surface area contributed by atoms with E-state index >= 15 is 0 Å². The minimum atomic E-state index is -0.467. The largest absolute Gasteiger partial charge is 0.453 e. The first-order valence-electron chi connectivity index (χ1n) is 8.08. The lowest BCUT2D eigenvalue weighted by Crippen LogP contribution is -2.42. The summed E-state index contributed by atoms with van der Waals surface area (Å²) in [6, 6.07) is 8.13. The fraction of sp³-hybridized carbons (Fsp3) is 0.529. The number of benzene rings is 1. The summed E-state index contributed by atoms with van der Waals surface area (Å²) in [6.07, 6.45) is 5.37. The van der Waals surface area contributed by atoms with Gasteiger partial charge in [0.05, 0.1) is 7.11 Å². The Balaban J connectivity index is 0.00000312. The van der Waals surface area contributed by atoms with Gasteiger partial charge in [0.25, 0.3) is 0 Å². The van der Waals surface area contributed by atoms with Crippen molar-refractivity contribution in [3.8, 4) is 0 Å². The molecule has 0 aromatic heterocycles. The highest BCUT2D eigenvalue weighted by Gasteiger charge is 2.24. The van der Waals surface area contributed by atoms with Crippen LogP contribution in [0.15, 0.2) is 29.3 Å². The maximum Gasteiger partial charge on any atom is 0.411 e. The Kier molecular flexibility index (Phi) is 10.0. The molecule has 3 N–H and O–H groups in total. The molecule has 1 aromatic rings. The van der Waals surface area contributed by atoms with Crippen molar-refractivity contribution in [1.82, 2.24) is 10.6 Å². The van der Waals surface area contributed by atoms with E-state index in [0.717, 1.165) is 16.8 Å². The Morgan fingerprint density at radius 2 is 2.04 bits per heavy atom. The van der Waals surface area contributed by atoms with Crippen molar-refractivity contribution in [2.24, 2.45) is 4.99 Å². The van der Waals surface area contributed by atoms with Crippen molar-refractivity contribution in [1.29, 1.82) is 0 Å². The lowest BCUT2D eigenvalue weighted by atomic mass is 10.2. The molecule has 25 heavy (non-hydrogen) atoms. The second-order valence-electron chi connectivity index (χ2n) is 5.75. The predicted molar refractivity (Wildman–Crippen MR) is 116 cm³/mol. The molecule has 0 aliphatic heterocycles. The molecule has 1 saturated carbocycles. The van der Waals surface area contributed by atoms with E-state index in [-0.39, 0.29) is 24.0 Å². The molecule has 1 aliphatic carbocycles. The van der Waals surface area contributed by atoms with Crippen molar-refractivity contribution in [3.63, 3.8) is 0 Å². The molecule has 0 bridgehead atoms. The number of carbonyl (C=O) groups is 1. The zero-order valence-corrected chi connectivity index (χ0v) is 18.0. The number of methoxy groups -OCH3 is 1. The van der Waals surface area contributed by atoms with Crippen molar-refractivity contribution >= 4 is 53.5 Å². The monoisotopic (exact) mass is 478 g/mol. The normalized spacial score (nSPS) is 19.7. The zero-order chi connectivity index (χ0) is 17.4. The molecule has 1 aliphatic rings. The van der Waals surface area contributed by atoms with Gasteiger partial charge in [-0.15, -0.1) is 24.0 Å². The molecule has 1 amide bonds. The summed E-state index contributed by atoms with van der Waals surface area (Å²) in [5.74, 6) is 0.832. The number of guanidine groups is 1. The molecule has 2 rings (SSSR count). The Hall–Kier alpha value is -1.16. The van der Waals surface area contributed by atoms with Gasteiger partial charge in [0.2, 0.25) is 0 Å². The number of ether oxygens (including phenoxy) is 1. The van der Waals surface area contributed by atoms with Crippen LogP contribution in [0.1, 0.15) is 24.8 Å². The van der Waals surface area contributed by atoms with Crippen LogP contribution >= 0.6 is 35.7 Å². The fourth-order valence-corrected chi connectivity index (χ4v) is 3.53. The molecular weight excluding hydrogens is 451 g/mol. The first-order chi connectivity index (χ1) is 11.6. The van der Waals surface area contributed by atoms with Gasteiger partial charge in [-0.2, -0.15) is 11.8 Å². The van der Waals surface area contributed by atoms with Crippen LogP contribution in [0.5, 0.6) is 0 Å². The number of nitrogens with one attached hydrogen (secondary N) is 3. The number of hydrogen-bond donors (Lipinski definition) is 3. The molecule has 0 radical (unpaired) electrons. The van der Waals surface area contributed by atoms with E-state index in [4.69, 9.17) is 0 Å². The summed E-state index contributed by atoms with van der Waals surface area (Å²) in [6.45, 7) is 0.677. The summed E-state index contributed by atoms with van der Waals surface area (Å²) in [4.78, 5) is 15.5.